The summed E-state index contributed by atoms with van der Waals surface area (Å²) in [5.74, 6) is 0. The molecule has 7 heteroatoms. The van der Waals surface area contributed by atoms with E-state index in [0.29, 0.717) is 22.2 Å². The Hall–Kier alpha value is -2.21. The highest BCUT2D eigenvalue weighted by Crippen LogP contribution is 2.30. The molecule has 1 unspecified atom stereocenters. The zero-order chi connectivity index (χ0) is 17.2. The number of hydrogen-bond donors (Lipinski definition) is 0. The molecule has 0 N–H and O–H groups in total. The summed E-state index contributed by atoms with van der Waals surface area (Å²) in [6, 6.07) is 6.20. The molecule has 0 aliphatic heterocycles. The van der Waals surface area contributed by atoms with Crippen molar-refractivity contribution in [3.05, 3.63) is 35.0 Å². The monoisotopic (exact) mass is 335 g/mol. The third-order valence-corrected chi connectivity index (χ3v) is 3.54. The number of likely N-dealkylation sites (N-methyl/N-ethyl adjacent to an activating group) is 1. The number of amides is 1. The summed E-state index contributed by atoms with van der Waals surface area (Å²) in [5.41, 5.74) is 0.164. The van der Waals surface area contributed by atoms with Crippen molar-refractivity contribution in [1.29, 1.82) is 0 Å². The van der Waals surface area contributed by atoms with Crippen LogP contribution >= 0.6 is 11.6 Å². The van der Waals surface area contributed by atoms with Crippen molar-refractivity contribution in [2.24, 2.45) is 0 Å². The van der Waals surface area contributed by atoms with Crippen LogP contribution in [0.2, 0.25) is 5.02 Å². The quantitative estimate of drug-likeness (QED) is 0.804. The molecule has 0 fully saturated rings. The third-order valence-electron chi connectivity index (χ3n) is 3.14. The predicted octanol–water partition coefficient (Wildman–Crippen LogP) is 3.39. The standard InChI is InChI=1S/C16H18ClN3O3/c1-16(2,3)23-15(22)20(4)12(9-21)14-13(17)10-7-5-6-8-11(10)18-19-14/h5-9,12H,1-4H3. The van der Waals surface area contributed by atoms with Crippen LogP contribution in [0.15, 0.2) is 24.3 Å². The first kappa shape index (κ1) is 17.1. The lowest BCUT2D eigenvalue weighted by Gasteiger charge is -2.27. The number of rotatable bonds is 3. The van der Waals surface area contributed by atoms with Gasteiger partial charge in [-0.1, -0.05) is 29.8 Å². The van der Waals surface area contributed by atoms with Gasteiger partial charge in [0.05, 0.1) is 10.5 Å². The minimum absolute atomic E-state index is 0.216. The van der Waals surface area contributed by atoms with Crippen LogP contribution in [0, 0.1) is 0 Å². The van der Waals surface area contributed by atoms with Crippen molar-refractivity contribution in [2.75, 3.05) is 7.05 Å². The Morgan fingerprint density at radius 2 is 1.96 bits per heavy atom. The van der Waals surface area contributed by atoms with E-state index in [0.717, 1.165) is 4.90 Å². The summed E-state index contributed by atoms with van der Waals surface area (Å²) in [6.45, 7) is 5.24. The number of aromatic nitrogens is 2. The molecule has 1 aromatic heterocycles. The first-order valence-electron chi connectivity index (χ1n) is 7.06. The Kier molecular flexibility index (Phi) is 4.85. The highest BCUT2D eigenvalue weighted by molar-refractivity contribution is 6.36. The lowest BCUT2D eigenvalue weighted by atomic mass is 10.1. The maximum atomic E-state index is 12.2. The van der Waals surface area contributed by atoms with Gasteiger partial charge in [0.2, 0.25) is 0 Å². The molecule has 1 amide bonds. The van der Waals surface area contributed by atoms with Gasteiger partial charge in [0.25, 0.3) is 0 Å². The van der Waals surface area contributed by atoms with Gasteiger partial charge in [0, 0.05) is 12.4 Å². The first-order chi connectivity index (χ1) is 10.7. The Morgan fingerprint density at radius 1 is 1.30 bits per heavy atom. The average Bonchev–Trinajstić information content (AvgIpc) is 2.48. The van der Waals surface area contributed by atoms with Gasteiger partial charge in [-0.15, -0.1) is 0 Å². The molecule has 23 heavy (non-hydrogen) atoms. The molecule has 1 aromatic carbocycles. The summed E-state index contributed by atoms with van der Waals surface area (Å²) in [4.78, 5) is 24.8. The summed E-state index contributed by atoms with van der Waals surface area (Å²) < 4.78 is 5.27. The van der Waals surface area contributed by atoms with E-state index < -0.39 is 17.7 Å². The second kappa shape index (κ2) is 6.50. The molecule has 0 saturated carbocycles. The van der Waals surface area contributed by atoms with Crippen LogP contribution in [-0.4, -0.2) is 40.1 Å². The number of hydrogen-bond acceptors (Lipinski definition) is 5. The molecule has 2 aromatic rings. The zero-order valence-corrected chi connectivity index (χ0v) is 14.2. The predicted molar refractivity (Wildman–Crippen MR) is 87.4 cm³/mol. The van der Waals surface area contributed by atoms with E-state index in [1.165, 1.54) is 7.05 Å². The van der Waals surface area contributed by atoms with Crippen LogP contribution in [0.4, 0.5) is 4.79 Å². The molecule has 0 bridgehead atoms. The lowest BCUT2D eigenvalue weighted by Crippen LogP contribution is -2.37. The number of aldehydes is 1. The van der Waals surface area contributed by atoms with Gasteiger partial charge in [0.15, 0.2) is 0 Å². The molecule has 2 rings (SSSR count). The highest BCUT2D eigenvalue weighted by atomic mass is 35.5. The van der Waals surface area contributed by atoms with Crippen LogP contribution < -0.4 is 0 Å². The molecule has 0 saturated heterocycles. The van der Waals surface area contributed by atoms with E-state index in [9.17, 15) is 9.59 Å². The fourth-order valence-corrected chi connectivity index (χ4v) is 2.32. The van der Waals surface area contributed by atoms with Gasteiger partial charge >= 0.3 is 6.09 Å². The van der Waals surface area contributed by atoms with Crippen molar-refractivity contribution < 1.29 is 14.3 Å². The zero-order valence-electron chi connectivity index (χ0n) is 13.4. The van der Waals surface area contributed by atoms with Gasteiger partial charge in [-0.3, -0.25) is 4.90 Å². The molecule has 1 atom stereocenters. The Labute approximate surface area is 139 Å². The summed E-state index contributed by atoms with van der Waals surface area (Å²) in [6.07, 6.45) is -0.0465. The topological polar surface area (TPSA) is 72.4 Å². The first-order valence-corrected chi connectivity index (χ1v) is 7.44. The van der Waals surface area contributed by atoms with Gasteiger partial charge in [0.1, 0.15) is 23.6 Å². The van der Waals surface area contributed by atoms with Crippen LogP contribution in [-0.2, 0) is 9.53 Å². The second-order valence-corrected chi connectivity index (χ2v) is 6.47. The van der Waals surface area contributed by atoms with E-state index in [-0.39, 0.29) is 5.69 Å². The minimum atomic E-state index is -0.977. The number of nitrogens with zero attached hydrogens (tertiary/aromatic N) is 3. The van der Waals surface area contributed by atoms with E-state index in [1.807, 2.05) is 12.1 Å². The van der Waals surface area contributed by atoms with Gasteiger partial charge in [-0.25, -0.2) is 4.79 Å². The summed E-state index contributed by atoms with van der Waals surface area (Å²) in [7, 11) is 1.46. The molecule has 1 heterocycles. The van der Waals surface area contributed by atoms with Crippen molar-refractivity contribution >= 4 is 34.9 Å². The molecule has 0 spiro atoms. The van der Waals surface area contributed by atoms with Crippen molar-refractivity contribution in [1.82, 2.24) is 15.1 Å². The minimum Gasteiger partial charge on any atom is -0.444 e. The number of benzene rings is 1. The van der Waals surface area contributed by atoms with E-state index in [2.05, 4.69) is 10.2 Å². The van der Waals surface area contributed by atoms with Crippen LogP contribution in [0.1, 0.15) is 32.5 Å². The van der Waals surface area contributed by atoms with Crippen molar-refractivity contribution in [3.63, 3.8) is 0 Å². The number of fused-ring (bicyclic) bond motifs is 1. The number of carbonyl (C=O) groups excluding carboxylic acids is 2. The molecule has 6 nitrogen and oxygen atoms in total. The van der Waals surface area contributed by atoms with Gasteiger partial charge < -0.3 is 9.53 Å². The Bertz CT molecular complexity index is 743. The molecule has 0 aliphatic rings. The van der Waals surface area contributed by atoms with E-state index in [1.54, 1.807) is 32.9 Å². The Balaban J connectivity index is 2.39. The molecule has 0 aliphatic carbocycles. The second-order valence-electron chi connectivity index (χ2n) is 6.09. The molecular weight excluding hydrogens is 318 g/mol. The summed E-state index contributed by atoms with van der Waals surface area (Å²) >= 11 is 6.36. The smallest absolute Gasteiger partial charge is 0.410 e. The molecular formula is C16H18ClN3O3. The summed E-state index contributed by atoms with van der Waals surface area (Å²) in [5, 5.41) is 9.03. The van der Waals surface area contributed by atoms with Crippen LogP contribution in [0.25, 0.3) is 10.9 Å². The Morgan fingerprint density at radius 3 is 2.57 bits per heavy atom. The fraction of sp³-hybridized carbons (Fsp3) is 0.375. The molecule has 122 valence electrons. The highest BCUT2D eigenvalue weighted by Gasteiger charge is 2.29. The maximum Gasteiger partial charge on any atom is 0.410 e. The largest absolute Gasteiger partial charge is 0.444 e. The fourth-order valence-electron chi connectivity index (χ4n) is 2.01. The van der Waals surface area contributed by atoms with E-state index in [4.69, 9.17) is 16.3 Å². The van der Waals surface area contributed by atoms with Gasteiger partial charge in [-0.2, -0.15) is 10.2 Å². The SMILES string of the molecule is CN(C(=O)OC(C)(C)C)C(C=O)c1nnc2ccccc2c1Cl. The van der Waals surface area contributed by atoms with Crippen LogP contribution in [0.5, 0.6) is 0 Å². The van der Waals surface area contributed by atoms with E-state index >= 15 is 0 Å². The lowest BCUT2D eigenvalue weighted by molar-refractivity contribution is -0.112. The number of halogens is 1. The van der Waals surface area contributed by atoms with Crippen molar-refractivity contribution in [2.45, 2.75) is 32.4 Å². The van der Waals surface area contributed by atoms with Gasteiger partial charge in [-0.05, 0) is 26.8 Å². The van der Waals surface area contributed by atoms with Crippen molar-refractivity contribution in [3.8, 4) is 0 Å². The average molecular weight is 336 g/mol. The number of ether oxygens (including phenoxy) is 1. The molecule has 0 radical (unpaired) electrons. The third kappa shape index (κ3) is 3.76. The normalized spacial score (nSPS) is 12.7. The number of carbonyl (C=O) groups is 2. The van der Waals surface area contributed by atoms with Crippen LogP contribution in [0.3, 0.4) is 0 Å². The maximum absolute atomic E-state index is 12.2.